The van der Waals surface area contributed by atoms with Gasteiger partial charge < -0.3 is 10.5 Å². The van der Waals surface area contributed by atoms with E-state index in [1.165, 1.54) is 23.4 Å². The number of hydrogen-bond donors (Lipinski definition) is 1. The molecule has 110 valence electrons. The van der Waals surface area contributed by atoms with Gasteiger partial charge in [-0.25, -0.2) is 4.98 Å². The van der Waals surface area contributed by atoms with Crippen LogP contribution in [0.4, 0.5) is 14.5 Å². The van der Waals surface area contributed by atoms with E-state index in [9.17, 15) is 8.78 Å². The van der Waals surface area contributed by atoms with Gasteiger partial charge in [0.05, 0.1) is 0 Å². The van der Waals surface area contributed by atoms with E-state index in [1.54, 1.807) is 6.07 Å². The number of rotatable bonds is 3. The summed E-state index contributed by atoms with van der Waals surface area (Å²) in [7, 11) is 0. The van der Waals surface area contributed by atoms with E-state index < -0.39 is 6.61 Å². The molecule has 0 aliphatic heterocycles. The summed E-state index contributed by atoms with van der Waals surface area (Å²) < 4.78 is 29.0. The summed E-state index contributed by atoms with van der Waals surface area (Å²) in [6, 6.07) is 5.41. The second-order valence-electron chi connectivity index (χ2n) is 5.23. The predicted octanol–water partition coefficient (Wildman–Crippen LogP) is 3.73. The topological polar surface area (TPSA) is 48.1 Å². The zero-order valence-electron chi connectivity index (χ0n) is 11.7. The highest BCUT2D eigenvalue weighted by Gasteiger charge is 2.19. The van der Waals surface area contributed by atoms with E-state index in [0.717, 1.165) is 41.6 Å². The molecule has 1 aromatic heterocycles. The Morgan fingerprint density at radius 2 is 2.10 bits per heavy atom. The maximum atomic E-state index is 12.3. The summed E-state index contributed by atoms with van der Waals surface area (Å²) in [6.45, 7) is -0.899. The van der Waals surface area contributed by atoms with Crippen LogP contribution in [0.3, 0.4) is 0 Å². The van der Waals surface area contributed by atoms with Gasteiger partial charge in [0.25, 0.3) is 0 Å². The molecule has 2 N–H and O–H groups in total. The van der Waals surface area contributed by atoms with Crippen molar-refractivity contribution in [3.05, 3.63) is 41.1 Å². The number of ether oxygens (including phenoxy) is 1. The van der Waals surface area contributed by atoms with E-state index in [2.05, 4.69) is 15.8 Å². The van der Waals surface area contributed by atoms with Crippen LogP contribution in [0.1, 0.15) is 23.1 Å². The predicted molar refractivity (Wildman–Crippen MR) is 77.5 cm³/mol. The smallest absolute Gasteiger partial charge is 0.388 e. The molecule has 21 heavy (non-hydrogen) atoms. The monoisotopic (exact) mass is 290 g/mol. The lowest BCUT2D eigenvalue weighted by molar-refractivity contribution is -0.0528. The van der Waals surface area contributed by atoms with Gasteiger partial charge in [-0.15, -0.1) is 0 Å². The third-order valence-corrected chi connectivity index (χ3v) is 3.87. The van der Waals surface area contributed by atoms with E-state index in [4.69, 9.17) is 5.73 Å². The van der Waals surface area contributed by atoms with E-state index in [1.807, 2.05) is 6.92 Å². The molecule has 2 aromatic rings. The molecule has 0 bridgehead atoms. The maximum absolute atomic E-state index is 12.3. The average Bonchev–Trinajstić information content (AvgIpc) is 2.86. The van der Waals surface area contributed by atoms with Crippen LogP contribution in [-0.4, -0.2) is 11.6 Å². The molecule has 0 unspecified atom stereocenters. The molecule has 1 aliphatic rings. The van der Waals surface area contributed by atoms with Crippen molar-refractivity contribution in [1.82, 2.24) is 4.98 Å². The highest BCUT2D eigenvalue weighted by atomic mass is 19.3. The SMILES string of the molecule is Cc1cc2c(c(N)c1-c1ccnc(OC(F)F)c1)CCC2. The molecule has 0 amide bonds. The molecule has 0 fully saturated rings. The number of nitrogens with zero attached hydrogens (tertiary/aromatic N) is 1. The van der Waals surface area contributed by atoms with Crippen LogP contribution in [0.5, 0.6) is 5.88 Å². The van der Waals surface area contributed by atoms with Crippen molar-refractivity contribution in [3.63, 3.8) is 0 Å². The summed E-state index contributed by atoms with van der Waals surface area (Å²) in [5.41, 5.74) is 12.2. The normalized spacial score (nSPS) is 13.5. The number of nitrogen functional groups attached to an aromatic ring is 1. The van der Waals surface area contributed by atoms with Crippen molar-refractivity contribution in [2.24, 2.45) is 0 Å². The summed E-state index contributed by atoms with van der Waals surface area (Å²) in [6.07, 6.45) is 4.59. The zero-order valence-corrected chi connectivity index (χ0v) is 11.7. The fourth-order valence-corrected chi connectivity index (χ4v) is 3.03. The molecule has 1 heterocycles. The van der Waals surface area contributed by atoms with Crippen LogP contribution >= 0.6 is 0 Å². The Morgan fingerprint density at radius 1 is 1.29 bits per heavy atom. The van der Waals surface area contributed by atoms with Crippen LogP contribution in [0, 0.1) is 6.92 Å². The van der Waals surface area contributed by atoms with Crippen LogP contribution in [-0.2, 0) is 12.8 Å². The number of nitrogens with two attached hydrogens (primary N) is 1. The standard InChI is InChI=1S/C16H16F2N2O/c1-9-7-10-3-2-4-12(10)15(19)14(9)11-5-6-20-13(8-11)21-16(17)18/h5-8,16H,2-4,19H2,1H3. The highest BCUT2D eigenvalue weighted by Crippen LogP contribution is 2.38. The second-order valence-corrected chi connectivity index (χ2v) is 5.23. The molecule has 0 atom stereocenters. The number of aryl methyl sites for hydroxylation is 2. The molecular formula is C16H16F2N2O. The molecule has 1 aromatic carbocycles. The molecule has 3 rings (SSSR count). The highest BCUT2D eigenvalue weighted by molar-refractivity contribution is 5.83. The Morgan fingerprint density at radius 3 is 2.86 bits per heavy atom. The van der Waals surface area contributed by atoms with Crippen molar-refractivity contribution >= 4 is 5.69 Å². The first-order valence-electron chi connectivity index (χ1n) is 6.88. The first-order chi connectivity index (χ1) is 10.1. The van der Waals surface area contributed by atoms with Crippen LogP contribution < -0.4 is 10.5 Å². The minimum Gasteiger partial charge on any atom is -0.417 e. The molecule has 0 saturated heterocycles. The third kappa shape index (κ3) is 2.55. The number of anilines is 1. The van der Waals surface area contributed by atoms with Gasteiger partial charge in [-0.3, -0.25) is 0 Å². The number of halogens is 2. The number of alkyl halides is 2. The molecule has 0 radical (unpaired) electrons. The van der Waals surface area contributed by atoms with Gasteiger partial charge in [-0.05, 0) is 54.5 Å². The van der Waals surface area contributed by atoms with E-state index in [-0.39, 0.29) is 5.88 Å². The summed E-state index contributed by atoms with van der Waals surface area (Å²) >= 11 is 0. The lowest BCUT2D eigenvalue weighted by Crippen LogP contribution is -2.04. The Kier molecular flexibility index (Phi) is 3.49. The first-order valence-corrected chi connectivity index (χ1v) is 6.88. The van der Waals surface area contributed by atoms with Gasteiger partial charge in [-0.1, -0.05) is 6.07 Å². The summed E-state index contributed by atoms with van der Waals surface area (Å²) in [4.78, 5) is 3.79. The van der Waals surface area contributed by atoms with Gasteiger partial charge in [0.1, 0.15) is 0 Å². The zero-order chi connectivity index (χ0) is 15.0. The molecule has 0 saturated carbocycles. The van der Waals surface area contributed by atoms with Crippen molar-refractivity contribution in [2.75, 3.05) is 5.73 Å². The largest absolute Gasteiger partial charge is 0.417 e. The maximum Gasteiger partial charge on any atom is 0.388 e. The van der Waals surface area contributed by atoms with Crippen molar-refractivity contribution in [3.8, 4) is 17.0 Å². The third-order valence-electron chi connectivity index (χ3n) is 3.87. The average molecular weight is 290 g/mol. The fraction of sp³-hybridized carbons (Fsp3) is 0.312. The number of hydrogen-bond acceptors (Lipinski definition) is 3. The van der Waals surface area contributed by atoms with Crippen molar-refractivity contribution in [2.45, 2.75) is 32.8 Å². The minimum absolute atomic E-state index is 0.0956. The Balaban J connectivity index is 2.09. The van der Waals surface area contributed by atoms with Crippen LogP contribution in [0.15, 0.2) is 24.4 Å². The summed E-state index contributed by atoms with van der Waals surface area (Å²) in [5, 5.41) is 0. The van der Waals surface area contributed by atoms with Gasteiger partial charge in [-0.2, -0.15) is 8.78 Å². The van der Waals surface area contributed by atoms with Crippen LogP contribution in [0.2, 0.25) is 0 Å². The van der Waals surface area contributed by atoms with Crippen LogP contribution in [0.25, 0.3) is 11.1 Å². The van der Waals surface area contributed by atoms with Gasteiger partial charge >= 0.3 is 6.61 Å². The van der Waals surface area contributed by atoms with Crippen molar-refractivity contribution < 1.29 is 13.5 Å². The molecule has 5 heteroatoms. The molecular weight excluding hydrogens is 274 g/mol. The number of pyridine rings is 1. The second kappa shape index (κ2) is 5.31. The Hall–Kier alpha value is -2.17. The van der Waals surface area contributed by atoms with E-state index >= 15 is 0 Å². The molecule has 1 aliphatic carbocycles. The first kappa shape index (κ1) is 13.8. The fourth-order valence-electron chi connectivity index (χ4n) is 3.03. The number of aromatic nitrogens is 1. The Bertz CT molecular complexity index is 686. The lowest BCUT2D eigenvalue weighted by Gasteiger charge is -2.15. The quantitative estimate of drug-likeness (QED) is 0.876. The van der Waals surface area contributed by atoms with Gasteiger partial charge in [0.2, 0.25) is 5.88 Å². The number of fused-ring (bicyclic) bond motifs is 1. The molecule has 3 nitrogen and oxygen atoms in total. The molecule has 0 spiro atoms. The Labute approximate surface area is 121 Å². The number of benzene rings is 1. The lowest BCUT2D eigenvalue weighted by atomic mass is 9.93. The van der Waals surface area contributed by atoms with Gasteiger partial charge in [0, 0.05) is 23.5 Å². The van der Waals surface area contributed by atoms with Gasteiger partial charge in [0.15, 0.2) is 0 Å². The van der Waals surface area contributed by atoms with E-state index in [0.29, 0.717) is 0 Å². The minimum atomic E-state index is -2.88. The van der Waals surface area contributed by atoms with Crippen molar-refractivity contribution in [1.29, 1.82) is 0 Å². The summed E-state index contributed by atoms with van der Waals surface area (Å²) in [5.74, 6) is -0.0956.